The summed E-state index contributed by atoms with van der Waals surface area (Å²) in [4.78, 5) is 0. The van der Waals surface area contributed by atoms with Crippen molar-refractivity contribution in [2.45, 2.75) is 45.9 Å². The Labute approximate surface area is 125 Å². The number of benzene rings is 1. The molecule has 1 aliphatic rings. The van der Waals surface area contributed by atoms with Crippen LogP contribution in [-0.4, -0.2) is 18.8 Å². The average molecular weight is 302 g/mol. The molecule has 2 atom stereocenters. The van der Waals surface area contributed by atoms with Crippen LogP contribution in [0.3, 0.4) is 0 Å². The average Bonchev–Trinajstić information content (AvgIpc) is 2.35. The fraction of sp³-hybridized carbons (Fsp3) is 0.600. The van der Waals surface area contributed by atoms with Crippen LogP contribution in [0, 0.1) is 5.41 Å². The van der Waals surface area contributed by atoms with Crippen molar-refractivity contribution in [1.29, 1.82) is 0 Å². The van der Waals surface area contributed by atoms with Gasteiger partial charge in [-0.1, -0.05) is 43.1 Å². The predicted molar refractivity (Wildman–Crippen MR) is 80.9 cm³/mol. The third-order valence-corrected chi connectivity index (χ3v) is 4.84. The minimum atomic E-state index is 0.156. The number of halogens is 2. The third kappa shape index (κ3) is 3.08. The summed E-state index contributed by atoms with van der Waals surface area (Å²) >= 11 is 12.3. The molecule has 2 rings (SSSR count). The number of nitrogens with one attached hydrogen (secondary N) is 1. The molecule has 1 aromatic carbocycles. The fourth-order valence-corrected chi connectivity index (χ4v) is 3.17. The molecule has 1 N–H and O–H groups in total. The highest BCUT2D eigenvalue weighted by molar-refractivity contribution is 6.35. The summed E-state index contributed by atoms with van der Waals surface area (Å²) in [5, 5.41) is 4.99. The van der Waals surface area contributed by atoms with Crippen LogP contribution in [0.25, 0.3) is 0 Å². The first-order chi connectivity index (χ1) is 8.96. The lowest BCUT2D eigenvalue weighted by Gasteiger charge is -2.52. The highest BCUT2D eigenvalue weighted by Gasteiger charge is 2.48. The van der Waals surface area contributed by atoms with Gasteiger partial charge in [0, 0.05) is 40.2 Å². The van der Waals surface area contributed by atoms with Gasteiger partial charge in [0.25, 0.3) is 0 Å². The van der Waals surface area contributed by atoms with Crippen LogP contribution < -0.4 is 5.32 Å². The van der Waals surface area contributed by atoms with Gasteiger partial charge in [0.2, 0.25) is 0 Å². The van der Waals surface area contributed by atoms with Crippen molar-refractivity contribution in [1.82, 2.24) is 5.32 Å². The number of hydrogen-bond donors (Lipinski definition) is 1. The summed E-state index contributed by atoms with van der Waals surface area (Å²) in [5.74, 6) is 0. The molecule has 1 saturated carbocycles. The van der Waals surface area contributed by atoms with Crippen LogP contribution in [-0.2, 0) is 11.3 Å². The molecule has 0 aromatic heterocycles. The van der Waals surface area contributed by atoms with Crippen molar-refractivity contribution in [2.24, 2.45) is 5.41 Å². The smallest absolute Gasteiger partial charge is 0.0655 e. The highest BCUT2D eigenvalue weighted by atomic mass is 35.5. The van der Waals surface area contributed by atoms with Gasteiger partial charge in [-0.15, -0.1) is 0 Å². The first kappa shape index (κ1) is 15.1. The second kappa shape index (κ2) is 6.01. The molecule has 0 spiro atoms. The Kier molecular flexibility index (Phi) is 4.78. The summed E-state index contributed by atoms with van der Waals surface area (Å²) < 4.78 is 5.73. The molecule has 1 aromatic rings. The third-order valence-electron chi connectivity index (χ3n) is 4.13. The van der Waals surface area contributed by atoms with Crippen molar-refractivity contribution >= 4 is 23.2 Å². The molecule has 19 heavy (non-hydrogen) atoms. The molecule has 0 radical (unpaired) electrons. The van der Waals surface area contributed by atoms with E-state index in [1.54, 1.807) is 0 Å². The normalized spacial score (nSPS) is 25.1. The van der Waals surface area contributed by atoms with Gasteiger partial charge in [-0.25, -0.2) is 0 Å². The Morgan fingerprint density at radius 1 is 1.32 bits per heavy atom. The van der Waals surface area contributed by atoms with E-state index in [4.69, 9.17) is 27.9 Å². The van der Waals surface area contributed by atoms with E-state index in [9.17, 15) is 0 Å². The first-order valence-corrected chi connectivity index (χ1v) is 7.50. The molecule has 2 nitrogen and oxygen atoms in total. The zero-order chi connectivity index (χ0) is 14.0. The fourth-order valence-electron chi connectivity index (χ4n) is 2.64. The molecule has 0 saturated heterocycles. The van der Waals surface area contributed by atoms with E-state index in [1.165, 1.54) is 0 Å². The maximum Gasteiger partial charge on any atom is 0.0655 e. The lowest BCUT2D eigenvalue weighted by Crippen LogP contribution is -2.60. The Bertz CT molecular complexity index is 428. The molecule has 0 amide bonds. The summed E-state index contributed by atoms with van der Waals surface area (Å²) in [7, 11) is 0. The summed E-state index contributed by atoms with van der Waals surface area (Å²) in [5.41, 5.74) is 1.13. The second-order valence-electron chi connectivity index (χ2n) is 5.63. The van der Waals surface area contributed by atoms with E-state index < -0.39 is 0 Å². The lowest BCUT2D eigenvalue weighted by molar-refractivity contribution is -0.114. The van der Waals surface area contributed by atoms with Gasteiger partial charge in [0.05, 0.1) is 6.10 Å². The SMILES string of the molecule is CCOC1CC(NCc2c(Cl)cccc2Cl)C1(C)C. The molecule has 1 fully saturated rings. The predicted octanol–water partition coefficient (Wildman–Crippen LogP) is 4.29. The molecule has 0 bridgehead atoms. The van der Waals surface area contributed by atoms with E-state index in [0.29, 0.717) is 18.7 Å². The van der Waals surface area contributed by atoms with Crippen LogP contribution in [0.1, 0.15) is 32.8 Å². The van der Waals surface area contributed by atoms with Crippen molar-refractivity contribution in [3.8, 4) is 0 Å². The van der Waals surface area contributed by atoms with E-state index in [-0.39, 0.29) is 5.41 Å². The quantitative estimate of drug-likeness (QED) is 0.876. The monoisotopic (exact) mass is 301 g/mol. The largest absolute Gasteiger partial charge is 0.378 e. The Balaban J connectivity index is 1.94. The topological polar surface area (TPSA) is 21.3 Å². The zero-order valence-electron chi connectivity index (χ0n) is 11.7. The van der Waals surface area contributed by atoms with E-state index in [0.717, 1.165) is 28.6 Å². The van der Waals surface area contributed by atoms with Gasteiger partial charge >= 0.3 is 0 Å². The van der Waals surface area contributed by atoms with Crippen molar-refractivity contribution in [3.63, 3.8) is 0 Å². The first-order valence-electron chi connectivity index (χ1n) is 6.74. The molecular formula is C15H21Cl2NO. The van der Waals surface area contributed by atoms with Crippen molar-refractivity contribution in [3.05, 3.63) is 33.8 Å². The maximum atomic E-state index is 6.17. The number of rotatable bonds is 5. The molecule has 0 aliphatic heterocycles. The summed E-state index contributed by atoms with van der Waals surface area (Å²) in [6.07, 6.45) is 1.39. The van der Waals surface area contributed by atoms with Crippen molar-refractivity contribution < 1.29 is 4.74 Å². The van der Waals surface area contributed by atoms with Crippen LogP contribution in [0.4, 0.5) is 0 Å². The zero-order valence-corrected chi connectivity index (χ0v) is 13.2. The summed E-state index contributed by atoms with van der Waals surface area (Å²) in [6, 6.07) is 6.06. The van der Waals surface area contributed by atoms with E-state index >= 15 is 0 Å². The molecule has 2 unspecified atom stereocenters. The van der Waals surface area contributed by atoms with Crippen LogP contribution in [0.5, 0.6) is 0 Å². The number of hydrogen-bond acceptors (Lipinski definition) is 2. The molecular weight excluding hydrogens is 281 g/mol. The van der Waals surface area contributed by atoms with Gasteiger partial charge < -0.3 is 10.1 Å². The highest BCUT2D eigenvalue weighted by Crippen LogP contribution is 2.43. The molecule has 4 heteroatoms. The van der Waals surface area contributed by atoms with E-state index in [2.05, 4.69) is 19.2 Å². The standard InChI is InChI=1S/C15H21Cl2NO/c1-4-19-14-8-13(15(14,2)3)18-9-10-11(16)6-5-7-12(10)17/h5-7,13-14,18H,4,8-9H2,1-3H3. The van der Waals surface area contributed by atoms with Gasteiger partial charge in [-0.3, -0.25) is 0 Å². The van der Waals surface area contributed by atoms with Crippen molar-refractivity contribution in [2.75, 3.05) is 6.61 Å². The molecule has 1 aliphatic carbocycles. The Hall–Kier alpha value is -0.280. The minimum absolute atomic E-state index is 0.156. The molecule has 0 heterocycles. The summed E-state index contributed by atoms with van der Waals surface area (Å²) in [6.45, 7) is 7.99. The molecule has 106 valence electrons. The Morgan fingerprint density at radius 3 is 2.47 bits per heavy atom. The van der Waals surface area contributed by atoms with Gasteiger partial charge in [-0.05, 0) is 25.5 Å². The van der Waals surface area contributed by atoms with Gasteiger partial charge in [0.15, 0.2) is 0 Å². The van der Waals surface area contributed by atoms with Crippen LogP contribution in [0.15, 0.2) is 18.2 Å². The van der Waals surface area contributed by atoms with Gasteiger partial charge in [-0.2, -0.15) is 0 Å². The lowest BCUT2D eigenvalue weighted by atomic mass is 9.64. The maximum absolute atomic E-state index is 6.17. The van der Waals surface area contributed by atoms with Gasteiger partial charge in [0.1, 0.15) is 0 Å². The minimum Gasteiger partial charge on any atom is -0.378 e. The van der Waals surface area contributed by atoms with E-state index in [1.807, 2.05) is 25.1 Å². The number of ether oxygens (including phenoxy) is 1. The Morgan fingerprint density at radius 2 is 1.95 bits per heavy atom. The van der Waals surface area contributed by atoms with Crippen LogP contribution in [0.2, 0.25) is 10.0 Å². The second-order valence-corrected chi connectivity index (χ2v) is 6.45. The van der Waals surface area contributed by atoms with Crippen LogP contribution >= 0.6 is 23.2 Å².